The molecule has 7 rings (SSSR count). The van der Waals surface area contributed by atoms with E-state index in [0.29, 0.717) is 45.6 Å². The maximum Gasteiger partial charge on any atom is 0.204 e. The Balaban J connectivity index is 0.000000168. The van der Waals surface area contributed by atoms with E-state index in [9.17, 15) is 0 Å². The Morgan fingerprint density at radius 3 is 2.00 bits per heavy atom. The van der Waals surface area contributed by atoms with Crippen LogP contribution < -0.4 is 10.1 Å². The summed E-state index contributed by atoms with van der Waals surface area (Å²) in [5.74, 6) is 3.44. The molecule has 42 heavy (non-hydrogen) atoms. The van der Waals surface area contributed by atoms with Gasteiger partial charge < -0.3 is 19.1 Å². The molecule has 0 atom stereocenters. The number of rotatable bonds is 6. The zero-order chi connectivity index (χ0) is 29.2. The highest BCUT2D eigenvalue weighted by atomic mass is 35.5. The molecule has 0 saturated carbocycles. The number of hydrogen-bond donors (Lipinski definition) is 1. The second-order valence-electron chi connectivity index (χ2n) is 8.96. The largest absolute Gasteiger partial charge is 0.495 e. The number of ether oxygens (including phenoxy) is 1. The second-order valence-corrected chi connectivity index (χ2v) is 12.2. The highest BCUT2D eigenvalue weighted by Gasteiger charge is 2.15. The molecule has 6 aromatic heterocycles. The van der Waals surface area contributed by atoms with E-state index in [1.165, 1.54) is 4.88 Å². The zero-order valence-corrected chi connectivity index (χ0v) is 25.5. The van der Waals surface area contributed by atoms with Crippen molar-refractivity contribution in [3.05, 3.63) is 80.4 Å². The zero-order valence-electron chi connectivity index (χ0n) is 22.4. The summed E-state index contributed by atoms with van der Waals surface area (Å²) in [6, 6.07) is 13.2. The Morgan fingerprint density at radius 1 is 0.786 bits per heavy atom. The number of anilines is 1. The van der Waals surface area contributed by atoms with E-state index in [0.717, 1.165) is 36.7 Å². The Morgan fingerprint density at radius 2 is 1.40 bits per heavy atom. The first-order valence-electron chi connectivity index (χ1n) is 12.5. The molecule has 0 aliphatic rings. The Labute approximate surface area is 257 Å². The van der Waals surface area contributed by atoms with Crippen LogP contribution in [-0.4, -0.2) is 37.4 Å². The van der Waals surface area contributed by atoms with Gasteiger partial charge in [0.25, 0.3) is 0 Å². The molecule has 1 N–H and O–H groups in total. The third-order valence-electron chi connectivity index (χ3n) is 5.98. The van der Waals surface area contributed by atoms with Crippen molar-refractivity contribution in [2.45, 2.75) is 20.4 Å². The molecular weight excluding hydrogens is 617 g/mol. The number of nitrogens with one attached hydrogen (secondary N) is 1. The molecule has 10 nitrogen and oxygen atoms in total. The number of fused-ring (bicyclic) bond motifs is 2. The number of halogens is 2. The number of aryl methyl sites for hydroxylation is 2. The van der Waals surface area contributed by atoms with Gasteiger partial charge in [0.1, 0.15) is 26.4 Å². The first-order chi connectivity index (χ1) is 20.4. The summed E-state index contributed by atoms with van der Waals surface area (Å²) >= 11 is 15.5. The average molecular weight is 639 g/mol. The van der Waals surface area contributed by atoms with Gasteiger partial charge >= 0.3 is 0 Å². The van der Waals surface area contributed by atoms with Gasteiger partial charge in [-0.1, -0.05) is 39.6 Å². The molecule has 1 aromatic carbocycles. The number of hydrogen-bond acceptors (Lipinski definition) is 12. The lowest BCUT2D eigenvalue weighted by Gasteiger charge is -2.10. The fraction of sp³-hybridized carbons (Fsp3) is 0.143. The average Bonchev–Trinajstić information content (AvgIpc) is 3.79. The predicted octanol–water partition coefficient (Wildman–Crippen LogP) is 8.24. The van der Waals surface area contributed by atoms with E-state index in [1.54, 1.807) is 54.3 Å². The summed E-state index contributed by atoms with van der Waals surface area (Å²) < 4.78 is 15.4. The molecular formula is C28H21Cl2N7O3S2. The number of nitrogens with zero attached hydrogens (tertiary/aromatic N) is 6. The van der Waals surface area contributed by atoms with Crippen LogP contribution in [0.15, 0.2) is 63.9 Å². The van der Waals surface area contributed by atoms with E-state index in [2.05, 4.69) is 41.6 Å². The van der Waals surface area contributed by atoms with Gasteiger partial charge in [-0.15, -0.1) is 22.7 Å². The molecule has 0 fully saturated rings. The van der Waals surface area contributed by atoms with E-state index in [-0.39, 0.29) is 0 Å². The molecule has 6 heterocycles. The quantitative estimate of drug-likeness (QED) is 0.178. The van der Waals surface area contributed by atoms with Gasteiger partial charge in [0.15, 0.2) is 0 Å². The van der Waals surface area contributed by atoms with Crippen molar-refractivity contribution < 1.29 is 13.8 Å². The minimum absolute atomic E-state index is 0.445. The molecule has 14 heteroatoms. The monoisotopic (exact) mass is 637 g/mol. The van der Waals surface area contributed by atoms with E-state index < -0.39 is 0 Å². The van der Waals surface area contributed by atoms with E-state index >= 15 is 0 Å². The van der Waals surface area contributed by atoms with Crippen LogP contribution in [0, 0.1) is 13.8 Å². The summed E-state index contributed by atoms with van der Waals surface area (Å²) in [6.45, 7) is 4.63. The van der Waals surface area contributed by atoms with Crippen molar-refractivity contribution in [3.8, 4) is 28.9 Å². The van der Waals surface area contributed by atoms with Crippen LogP contribution in [0.1, 0.15) is 15.3 Å². The number of benzene rings is 1. The molecule has 212 valence electrons. The normalized spacial score (nSPS) is 11.1. The van der Waals surface area contributed by atoms with Gasteiger partial charge in [0.05, 0.1) is 29.9 Å². The summed E-state index contributed by atoms with van der Waals surface area (Å²) in [4.78, 5) is 21.9. The number of aromatic nitrogens is 6. The standard InChI is InChI=1S/C18H15ClN4O2S.C10H6ClN3OS/c1-10-7-12-16(20-9-11-3-4-14(24-2)13(19)8-11)22-17(23-18(12)26-10)15-5-6-21-25-15;1-5-4-6-8(11)13-9(14-10(6)16-5)7-2-3-12-15-7/h3-8H,9H2,1-2H3,(H,20,22,23);2-4H,1H3. The molecule has 0 unspecified atom stereocenters. The molecule has 0 spiro atoms. The van der Waals surface area contributed by atoms with Gasteiger partial charge in [-0.25, -0.2) is 19.9 Å². The lowest BCUT2D eigenvalue weighted by molar-refractivity contribution is 0.415. The van der Waals surface area contributed by atoms with Crippen LogP contribution >= 0.6 is 45.9 Å². The maximum absolute atomic E-state index is 6.21. The molecule has 0 amide bonds. The molecule has 0 radical (unpaired) electrons. The van der Waals surface area contributed by atoms with Gasteiger partial charge in [0, 0.05) is 33.8 Å². The van der Waals surface area contributed by atoms with Crippen molar-refractivity contribution in [2.75, 3.05) is 12.4 Å². The van der Waals surface area contributed by atoms with Crippen LogP contribution in [0.3, 0.4) is 0 Å². The van der Waals surface area contributed by atoms with Crippen molar-refractivity contribution in [1.29, 1.82) is 0 Å². The fourth-order valence-electron chi connectivity index (χ4n) is 4.07. The van der Waals surface area contributed by atoms with Crippen LogP contribution in [0.5, 0.6) is 5.75 Å². The highest BCUT2D eigenvalue weighted by Crippen LogP contribution is 2.32. The Bertz CT molecular complexity index is 1990. The highest BCUT2D eigenvalue weighted by molar-refractivity contribution is 7.19. The summed E-state index contributed by atoms with van der Waals surface area (Å²) in [7, 11) is 1.60. The lowest BCUT2D eigenvalue weighted by atomic mass is 10.2. The van der Waals surface area contributed by atoms with Crippen molar-refractivity contribution in [2.24, 2.45) is 0 Å². The minimum Gasteiger partial charge on any atom is -0.495 e. The van der Waals surface area contributed by atoms with Crippen molar-refractivity contribution >= 4 is 72.1 Å². The van der Waals surface area contributed by atoms with E-state index in [4.69, 9.17) is 37.0 Å². The Hall–Kier alpha value is -4.10. The maximum atomic E-state index is 6.21. The minimum atomic E-state index is 0.445. The summed E-state index contributed by atoms with van der Waals surface area (Å²) in [6.07, 6.45) is 3.13. The van der Waals surface area contributed by atoms with Crippen LogP contribution in [0.4, 0.5) is 5.82 Å². The molecule has 0 bridgehead atoms. The van der Waals surface area contributed by atoms with Gasteiger partial charge in [-0.05, 0) is 43.7 Å². The smallest absolute Gasteiger partial charge is 0.204 e. The third kappa shape index (κ3) is 5.93. The summed E-state index contributed by atoms with van der Waals surface area (Å²) in [5.41, 5.74) is 1.02. The fourth-order valence-corrected chi connectivity index (χ4v) is 6.39. The van der Waals surface area contributed by atoms with E-state index in [1.807, 2.05) is 38.1 Å². The Kier molecular flexibility index (Phi) is 8.02. The molecule has 0 aliphatic carbocycles. The number of thiophene rings is 2. The third-order valence-corrected chi connectivity index (χ3v) is 8.45. The van der Waals surface area contributed by atoms with Gasteiger partial charge in [-0.3, -0.25) is 0 Å². The first-order valence-corrected chi connectivity index (χ1v) is 14.9. The van der Waals surface area contributed by atoms with Crippen molar-refractivity contribution in [1.82, 2.24) is 30.2 Å². The van der Waals surface area contributed by atoms with Gasteiger partial charge in [-0.2, -0.15) is 0 Å². The molecule has 7 aromatic rings. The topological polar surface area (TPSA) is 125 Å². The lowest BCUT2D eigenvalue weighted by Crippen LogP contribution is -2.03. The SMILES string of the molecule is COc1ccc(CNc2nc(-c3ccno3)nc3sc(C)cc23)cc1Cl.Cc1cc2c(Cl)nc(-c3ccno3)nc2s1. The summed E-state index contributed by atoms with van der Waals surface area (Å²) in [5, 5.41) is 13.6. The number of methoxy groups -OCH3 is 1. The molecule has 0 saturated heterocycles. The van der Waals surface area contributed by atoms with Crippen LogP contribution in [0.25, 0.3) is 43.6 Å². The van der Waals surface area contributed by atoms with Crippen LogP contribution in [-0.2, 0) is 6.54 Å². The van der Waals surface area contributed by atoms with Crippen LogP contribution in [0.2, 0.25) is 10.2 Å². The van der Waals surface area contributed by atoms with Crippen molar-refractivity contribution in [3.63, 3.8) is 0 Å². The first kappa shape index (κ1) is 28.0. The second kappa shape index (κ2) is 12.0. The predicted molar refractivity (Wildman–Crippen MR) is 166 cm³/mol. The van der Waals surface area contributed by atoms with Gasteiger partial charge in [0.2, 0.25) is 23.2 Å². The molecule has 0 aliphatic heterocycles.